The zero-order chi connectivity index (χ0) is 12.1. The Morgan fingerprint density at radius 2 is 1.71 bits per heavy atom. The molecule has 4 nitrogen and oxygen atoms in total. The van der Waals surface area contributed by atoms with Gasteiger partial charge < -0.3 is 0 Å². The van der Waals surface area contributed by atoms with Crippen LogP contribution in [0.3, 0.4) is 0 Å². The molecule has 0 aliphatic carbocycles. The molecular weight excluding hydrogens is 333 g/mol. The Balaban J connectivity index is 2.14. The van der Waals surface area contributed by atoms with E-state index in [9.17, 15) is 10.1 Å². The lowest BCUT2D eigenvalue weighted by Gasteiger charge is -1.95. The van der Waals surface area contributed by atoms with Crippen LogP contribution in [-0.4, -0.2) is 5.09 Å². The number of nitrogens with zero attached hydrogens (tertiary/aromatic N) is 1. The molecule has 5 heteroatoms. The Bertz CT molecular complexity index is 516. The van der Waals surface area contributed by atoms with Crippen LogP contribution in [0.2, 0.25) is 0 Å². The average molecular weight is 342 g/mol. The third-order valence-corrected chi connectivity index (χ3v) is 4.56. The minimum Gasteiger partial charge on any atom is -0.276 e. The molecular formula is C12H9INO3+. The van der Waals surface area contributed by atoms with Crippen molar-refractivity contribution >= 4 is 0 Å². The number of hydrogen-bond donors (Lipinski definition) is 0. The van der Waals surface area contributed by atoms with E-state index < -0.39 is 5.09 Å². The van der Waals surface area contributed by atoms with Gasteiger partial charge in [-0.1, -0.05) is 24.3 Å². The summed E-state index contributed by atoms with van der Waals surface area (Å²) in [7, 11) is 0. The first-order valence-electron chi connectivity index (χ1n) is 4.86. The van der Waals surface area contributed by atoms with E-state index in [1.54, 1.807) is 18.2 Å². The number of hydrogen-bond acceptors (Lipinski definition) is 3. The summed E-state index contributed by atoms with van der Waals surface area (Å²) in [5.74, 6) is 0.281. The smallest absolute Gasteiger partial charge is 0.276 e. The second kappa shape index (κ2) is 5.62. The number of halogens is 1. The minimum atomic E-state index is -0.792. The van der Waals surface area contributed by atoms with Gasteiger partial charge in [-0.05, 0) is 24.3 Å². The van der Waals surface area contributed by atoms with Gasteiger partial charge in [-0.2, -0.15) is 0 Å². The quantitative estimate of drug-likeness (QED) is 0.423. The maximum Gasteiger partial charge on any atom is 0.357 e. The highest BCUT2D eigenvalue weighted by Crippen LogP contribution is 2.07. The van der Waals surface area contributed by atoms with Crippen LogP contribution < -0.4 is 26.0 Å². The van der Waals surface area contributed by atoms with Crippen LogP contribution in [0.25, 0.3) is 0 Å². The second-order valence-corrected chi connectivity index (χ2v) is 6.19. The molecule has 0 saturated heterocycles. The van der Waals surface area contributed by atoms with E-state index in [1.165, 1.54) is 3.57 Å². The van der Waals surface area contributed by atoms with Crippen LogP contribution in [0.5, 0.6) is 5.75 Å². The largest absolute Gasteiger partial charge is 0.357 e. The summed E-state index contributed by atoms with van der Waals surface area (Å²) < 4.78 is 2.36. The van der Waals surface area contributed by atoms with Crippen molar-refractivity contribution in [3.63, 3.8) is 0 Å². The lowest BCUT2D eigenvalue weighted by molar-refractivity contribution is -0.711. The van der Waals surface area contributed by atoms with Gasteiger partial charge >= 0.3 is 21.2 Å². The van der Waals surface area contributed by atoms with E-state index in [1.807, 2.05) is 24.3 Å². The fraction of sp³-hybridized carbons (Fsp3) is 0. The highest BCUT2D eigenvalue weighted by Gasteiger charge is 2.15. The van der Waals surface area contributed by atoms with Gasteiger partial charge in [0.15, 0.2) is 7.14 Å². The standard InChI is InChI=1S/C12H9INO3/c15-14(16)17-12-8-4-7-11(9-12)13-10-5-2-1-3-6-10/h1-9H/q+1. The summed E-state index contributed by atoms with van der Waals surface area (Å²) in [6.07, 6.45) is 0. The monoisotopic (exact) mass is 342 g/mol. The van der Waals surface area contributed by atoms with Gasteiger partial charge in [0.1, 0.15) is 5.75 Å². The molecule has 0 aromatic heterocycles. The van der Waals surface area contributed by atoms with Crippen LogP contribution in [-0.2, 0) is 0 Å². The van der Waals surface area contributed by atoms with Crippen LogP contribution in [0.15, 0.2) is 54.6 Å². The van der Waals surface area contributed by atoms with Crippen molar-refractivity contribution in [2.45, 2.75) is 0 Å². The van der Waals surface area contributed by atoms with Gasteiger partial charge in [-0.3, -0.25) is 4.84 Å². The summed E-state index contributed by atoms with van der Waals surface area (Å²) in [4.78, 5) is 14.7. The molecule has 0 heterocycles. The van der Waals surface area contributed by atoms with E-state index in [-0.39, 0.29) is 27.0 Å². The van der Waals surface area contributed by atoms with Crippen LogP contribution in [0.1, 0.15) is 0 Å². The number of benzene rings is 2. The molecule has 2 rings (SSSR count). The van der Waals surface area contributed by atoms with E-state index >= 15 is 0 Å². The van der Waals surface area contributed by atoms with Crippen molar-refractivity contribution in [3.8, 4) is 5.75 Å². The van der Waals surface area contributed by atoms with Gasteiger partial charge in [0.05, 0.1) is 0 Å². The number of rotatable bonds is 4. The van der Waals surface area contributed by atoms with Crippen molar-refractivity contribution < 1.29 is 31.1 Å². The van der Waals surface area contributed by atoms with E-state index in [0.717, 1.165) is 3.57 Å². The summed E-state index contributed by atoms with van der Waals surface area (Å²) in [6.45, 7) is 0. The Morgan fingerprint density at radius 1 is 1.00 bits per heavy atom. The highest BCUT2D eigenvalue weighted by molar-refractivity contribution is 5.20. The minimum absolute atomic E-state index is 0.281. The normalized spacial score (nSPS) is 9.88. The summed E-state index contributed by atoms with van der Waals surface area (Å²) >= 11 is -0.317. The molecule has 17 heavy (non-hydrogen) atoms. The third-order valence-electron chi connectivity index (χ3n) is 1.93. The summed E-state index contributed by atoms with van der Waals surface area (Å²) in [5, 5.41) is 9.44. The predicted octanol–water partition coefficient (Wildman–Crippen LogP) is -0.614. The molecule has 0 saturated carbocycles. The second-order valence-electron chi connectivity index (χ2n) is 3.16. The third kappa shape index (κ3) is 3.70. The molecule has 0 aliphatic rings. The first kappa shape index (κ1) is 11.8. The molecule has 0 spiro atoms. The lowest BCUT2D eigenvalue weighted by atomic mass is 10.3. The maximum absolute atomic E-state index is 10.2. The van der Waals surface area contributed by atoms with Crippen molar-refractivity contribution in [2.75, 3.05) is 0 Å². The van der Waals surface area contributed by atoms with Gasteiger partial charge in [0, 0.05) is 6.07 Å². The molecule has 2 aromatic carbocycles. The molecule has 0 bridgehead atoms. The van der Waals surface area contributed by atoms with Crippen molar-refractivity contribution in [1.29, 1.82) is 0 Å². The van der Waals surface area contributed by atoms with E-state index in [4.69, 9.17) is 0 Å². The van der Waals surface area contributed by atoms with Crippen molar-refractivity contribution in [3.05, 3.63) is 71.9 Å². The van der Waals surface area contributed by atoms with Crippen molar-refractivity contribution in [1.82, 2.24) is 0 Å². The molecule has 0 fully saturated rings. The Kier molecular flexibility index (Phi) is 3.92. The topological polar surface area (TPSA) is 52.4 Å². The van der Waals surface area contributed by atoms with Gasteiger partial charge in [0.25, 0.3) is 5.09 Å². The maximum atomic E-state index is 10.2. The van der Waals surface area contributed by atoms with E-state index in [2.05, 4.69) is 17.0 Å². The summed E-state index contributed by atoms with van der Waals surface area (Å²) in [5.41, 5.74) is 0. The predicted molar refractivity (Wildman–Crippen MR) is 57.9 cm³/mol. The SMILES string of the molecule is O=[N+]([O-])Oc1cccc([I+]c2ccccc2)c1. The molecule has 0 atom stereocenters. The Labute approximate surface area is 109 Å². The zero-order valence-electron chi connectivity index (χ0n) is 8.75. The fourth-order valence-electron chi connectivity index (χ4n) is 1.27. The first-order chi connectivity index (χ1) is 8.24. The first-order valence-corrected chi connectivity index (χ1v) is 7.02. The average Bonchev–Trinajstić information content (AvgIpc) is 2.30. The fourth-order valence-corrected chi connectivity index (χ4v) is 3.62. The van der Waals surface area contributed by atoms with Crippen molar-refractivity contribution in [2.24, 2.45) is 0 Å². The summed E-state index contributed by atoms with van der Waals surface area (Å²) in [6, 6.07) is 17.1. The Hall–Kier alpha value is -1.63. The van der Waals surface area contributed by atoms with Gasteiger partial charge in [-0.15, -0.1) is 10.1 Å². The van der Waals surface area contributed by atoms with Crippen LogP contribution >= 0.6 is 0 Å². The molecule has 0 unspecified atom stereocenters. The molecule has 0 N–H and O–H groups in total. The molecule has 86 valence electrons. The molecule has 0 amide bonds. The molecule has 0 aliphatic heterocycles. The van der Waals surface area contributed by atoms with Crippen LogP contribution in [0.4, 0.5) is 0 Å². The van der Waals surface area contributed by atoms with E-state index in [0.29, 0.717) is 0 Å². The Morgan fingerprint density at radius 3 is 2.41 bits per heavy atom. The lowest BCUT2D eigenvalue weighted by Crippen LogP contribution is -3.61. The van der Waals surface area contributed by atoms with Gasteiger partial charge in [-0.25, -0.2) is 0 Å². The highest BCUT2D eigenvalue weighted by atomic mass is 127. The van der Waals surface area contributed by atoms with Gasteiger partial charge in [0.2, 0.25) is 0 Å². The molecule has 2 aromatic rings. The zero-order valence-corrected chi connectivity index (χ0v) is 10.9. The molecule has 0 radical (unpaired) electrons. The van der Waals surface area contributed by atoms with Crippen LogP contribution in [0, 0.1) is 17.3 Å².